The fourth-order valence-corrected chi connectivity index (χ4v) is 2.15. The van der Waals surface area contributed by atoms with E-state index in [9.17, 15) is 4.79 Å². The summed E-state index contributed by atoms with van der Waals surface area (Å²) in [4.78, 5) is 12.0. The van der Waals surface area contributed by atoms with Crippen molar-refractivity contribution in [1.29, 1.82) is 0 Å². The molecule has 2 rings (SSSR count). The zero-order valence-corrected chi connectivity index (χ0v) is 10.8. The number of benzene rings is 1. The number of ether oxygens (including phenoxy) is 2. The highest BCUT2D eigenvalue weighted by Crippen LogP contribution is 2.26. The Kier molecular flexibility index (Phi) is 4.20. The van der Waals surface area contributed by atoms with Crippen LogP contribution in [0.2, 0.25) is 0 Å². The molecule has 1 heterocycles. The van der Waals surface area contributed by atoms with Crippen molar-refractivity contribution >= 4 is 5.91 Å². The molecule has 1 aromatic carbocycles. The maximum Gasteiger partial charge on any atom is 0.227 e. The molecule has 0 fully saturated rings. The second-order valence-electron chi connectivity index (χ2n) is 4.68. The predicted octanol–water partition coefficient (Wildman–Crippen LogP) is 1.39. The Labute approximate surface area is 107 Å². The zero-order valence-electron chi connectivity index (χ0n) is 10.8. The SMILES string of the molecule is COC[C@@H](C)NC(=O)[C@H]1COc2ccccc2C1. The van der Waals surface area contributed by atoms with E-state index in [1.165, 1.54) is 0 Å². The monoisotopic (exact) mass is 249 g/mol. The van der Waals surface area contributed by atoms with E-state index in [4.69, 9.17) is 9.47 Å². The normalized spacial score (nSPS) is 19.6. The topological polar surface area (TPSA) is 47.6 Å². The number of carbonyl (C=O) groups excluding carboxylic acids is 1. The number of nitrogens with one attached hydrogen (secondary N) is 1. The highest BCUT2D eigenvalue weighted by Gasteiger charge is 2.26. The Morgan fingerprint density at radius 1 is 1.56 bits per heavy atom. The first-order chi connectivity index (χ1) is 8.70. The molecule has 4 nitrogen and oxygen atoms in total. The molecular formula is C14H19NO3. The fourth-order valence-electron chi connectivity index (χ4n) is 2.15. The van der Waals surface area contributed by atoms with Gasteiger partial charge in [0.2, 0.25) is 5.91 Å². The van der Waals surface area contributed by atoms with Gasteiger partial charge >= 0.3 is 0 Å². The molecular weight excluding hydrogens is 230 g/mol. The average Bonchev–Trinajstić information content (AvgIpc) is 2.38. The Morgan fingerprint density at radius 3 is 3.11 bits per heavy atom. The summed E-state index contributed by atoms with van der Waals surface area (Å²) in [6, 6.07) is 7.89. The maximum atomic E-state index is 12.0. The van der Waals surface area contributed by atoms with Crippen molar-refractivity contribution in [2.45, 2.75) is 19.4 Å². The van der Waals surface area contributed by atoms with Crippen molar-refractivity contribution < 1.29 is 14.3 Å². The summed E-state index contributed by atoms with van der Waals surface area (Å²) >= 11 is 0. The van der Waals surface area contributed by atoms with E-state index >= 15 is 0 Å². The van der Waals surface area contributed by atoms with Gasteiger partial charge in [-0.25, -0.2) is 0 Å². The standard InChI is InChI=1S/C14H19NO3/c1-10(8-17-2)15-14(16)12-7-11-5-3-4-6-13(11)18-9-12/h3-6,10,12H,7-9H2,1-2H3,(H,15,16)/t10-,12-/m1/s1. The van der Waals surface area contributed by atoms with Gasteiger partial charge in [0.25, 0.3) is 0 Å². The summed E-state index contributed by atoms with van der Waals surface area (Å²) < 4.78 is 10.6. The van der Waals surface area contributed by atoms with Gasteiger partial charge in [-0.3, -0.25) is 4.79 Å². The van der Waals surface area contributed by atoms with Gasteiger partial charge < -0.3 is 14.8 Å². The second-order valence-corrected chi connectivity index (χ2v) is 4.68. The molecule has 0 radical (unpaired) electrons. The van der Waals surface area contributed by atoms with Gasteiger partial charge in [-0.15, -0.1) is 0 Å². The van der Waals surface area contributed by atoms with E-state index in [-0.39, 0.29) is 17.9 Å². The van der Waals surface area contributed by atoms with Gasteiger partial charge in [0.05, 0.1) is 12.5 Å². The minimum absolute atomic E-state index is 0.0275. The van der Waals surface area contributed by atoms with E-state index < -0.39 is 0 Å². The van der Waals surface area contributed by atoms with Gasteiger partial charge in [0.1, 0.15) is 12.4 Å². The molecule has 4 heteroatoms. The van der Waals surface area contributed by atoms with Gasteiger partial charge in [-0.05, 0) is 25.0 Å². The Morgan fingerprint density at radius 2 is 2.33 bits per heavy atom. The lowest BCUT2D eigenvalue weighted by Gasteiger charge is -2.25. The van der Waals surface area contributed by atoms with Gasteiger partial charge in [0.15, 0.2) is 0 Å². The van der Waals surface area contributed by atoms with Gasteiger partial charge in [0, 0.05) is 13.2 Å². The molecule has 0 aromatic heterocycles. The van der Waals surface area contributed by atoms with Crippen LogP contribution < -0.4 is 10.1 Å². The highest BCUT2D eigenvalue weighted by molar-refractivity contribution is 5.79. The number of hydrogen-bond donors (Lipinski definition) is 1. The van der Waals surface area contributed by atoms with E-state index in [1.807, 2.05) is 31.2 Å². The van der Waals surface area contributed by atoms with Crippen LogP contribution in [0.1, 0.15) is 12.5 Å². The molecule has 1 aliphatic rings. The van der Waals surface area contributed by atoms with Crippen LogP contribution in [-0.4, -0.2) is 32.3 Å². The molecule has 18 heavy (non-hydrogen) atoms. The van der Waals surface area contributed by atoms with E-state index in [0.29, 0.717) is 13.2 Å². The number of carbonyl (C=O) groups is 1. The third-order valence-corrected chi connectivity index (χ3v) is 3.06. The van der Waals surface area contributed by atoms with Crippen LogP contribution >= 0.6 is 0 Å². The fraction of sp³-hybridized carbons (Fsp3) is 0.500. The lowest BCUT2D eigenvalue weighted by Crippen LogP contribution is -2.43. The summed E-state index contributed by atoms with van der Waals surface area (Å²) in [6.45, 7) is 2.90. The molecule has 0 spiro atoms. The summed E-state index contributed by atoms with van der Waals surface area (Å²) in [5.41, 5.74) is 1.10. The molecule has 1 aromatic rings. The van der Waals surface area contributed by atoms with Crippen LogP contribution in [0.5, 0.6) is 5.75 Å². The highest BCUT2D eigenvalue weighted by atomic mass is 16.5. The Balaban J connectivity index is 1.94. The molecule has 1 amide bonds. The van der Waals surface area contributed by atoms with Crippen molar-refractivity contribution in [3.05, 3.63) is 29.8 Å². The quantitative estimate of drug-likeness (QED) is 0.877. The third-order valence-electron chi connectivity index (χ3n) is 3.06. The summed E-state index contributed by atoms with van der Waals surface area (Å²) in [5.74, 6) is 0.819. The largest absolute Gasteiger partial charge is 0.492 e. The Bertz CT molecular complexity index is 419. The lowest BCUT2D eigenvalue weighted by molar-refractivity contribution is -0.127. The van der Waals surface area contributed by atoms with E-state index in [1.54, 1.807) is 7.11 Å². The summed E-state index contributed by atoms with van der Waals surface area (Å²) in [5, 5.41) is 2.94. The number of rotatable bonds is 4. The minimum Gasteiger partial charge on any atom is -0.492 e. The van der Waals surface area contributed by atoms with Crippen molar-refractivity contribution in [1.82, 2.24) is 5.32 Å². The van der Waals surface area contributed by atoms with E-state index in [2.05, 4.69) is 5.32 Å². The number of fused-ring (bicyclic) bond motifs is 1. The first-order valence-electron chi connectivity index (χ1n) is 6.20. The van der Waals surface area contributed by atoms with Crippen LogP contribution in [0.3, 0.4) is 0 Å². The van der Waals surface area contributed by atoms with Crippen LogP contribution in [0.4, 0.5) is 0 Å². The molecule has 98 valence electrons. The molecule has 1 aliphatic heterocycles. The van der Waals surface area contributed by atoms with Crippen LogP contribution in [0.15, 0.2) is 24.3 Å². The van der Waals surface area contributed by atoms with Crippen molar-refractivity contribution in [2.24, 2.45) is 5.92 Å². The predicted molar refractivity (Wildman–Crippen MR) is 68.6 cm³/mol. The average molecular weight is 249 g/mol. The first kappa shape index (κ1) is 12.9. The number of hydrogen-bond acceptors (Lipinski definition) is 3. The maximum absolute atomic E-state index is 12.0. The summed E-state index contributed by atoms with van der Waals surface area (Å²) in [6.07, 6.45) is 0.738. The Hall–Kier alpha value is -1.55. The molecule has 0 aliphatic carbocycles. The molecule has 1 N–H and O–H groups in total. The van der Waals surface area contributed by atoms with Crippen LogP contribution in [0.25, 0.3) is 0 Å². The zero-order chi connectivity index (χ0) is 13.0. The van der Waals surface area contributed by atoms with E-state index in [0.717, 1.165) is 17.7 Å². The van der Waals surface area contributed by atoms with Crippen LogP contribution in [-0.2, 0) is 16.0 Å². The summed E-state index contributed by atoms with van der Waals surface area (Å²) in [7, 11) is 1.63. The van der Waals surface area contributed by atoms with Crippen molar-refractivity contribution in [3.8, 4) is 5.75 Å². The minimum atomic E-state index is -0.112. The second kappa shape index (κ2) is 5.87. The first-order valence-corrected chi connectivity index (χ1v) is 6.20. The smallest absolute Gasteiger partial charge is 0.227 e. The van der Waals surface area contributed by atoms with Crippen molar-refractivity contribution in [3.63, 3.8) is 0 Å². The number of para-hydroxylation sites is 1. The third kappa shape index (κ3) is 3.01. The molecule has 0 bridgehead atoms. The molecule has 0 saturated heterocycles. The van der Waals surface area contributed by atoms with Crippen molar-refractivity contribution in [2.75, 3.05) is 20.3 Å². The lowest BCUT2D eigenvalue weighted by atomic mass is 9.96. The molecule has 2 atom stereocenters. The van der Waals surface area contributed by atoms with Crippen LogP contribution in [0, 0.1) is 5.92 Å². The molecule has 0 saturated carbocycles. The molecule has 0 unspecified atom stereocenters. The van der Waals surface area contributed by atoms with Gasteiger partial charge in [-0.1, -0.05) is 18.2 Å². The number of amides is 1. The van der Waals surface area contributed by atoms with Gasteiger partial charge in [-0.2, -0.15) is 0 Å². The number of methoxy groups -OCH3 is 1.